The van der Waals surface area contributed by atoms with Gasteiger partial charge in [0.2, 0.25) is 5.95 Å². The summed E-state index contributed by atoms with van der Waals surface area (Å²) in [5, 5.41) is 22.9. The van der Waals surface area contributed by atoms with Crippen LogP contribution in [-0.2, 0) is 0 Å². The van der Waals surface area contributed by atoms with Crippen LogP contribution in [0.2, 0.25) is 0 Å². The highest BCUT2D eigenvalue weighted by molar-refractivity contribution is 5.56. The molecule has 0 amide bonds. The number of nitrogens with zero attached hydrogens (tertiary/aromatic N) is 5. The minimum Gasteiger partial charge on any atom is -0.367 e. The lowest BCUT2D eigenvalue weighted by Gasteiger charge is -2.11. The predicted molar refractivity (Wildman–Crippen MR) is 81.3 cm³/mol. The fraction of sp³-hybridized carbons (Fsp3) is 0.286. The summed E-state index contributed by atoms with van der Waals surface area (Å²) in [4.78, 5) is 6.40. The van der Waals surface area contributed by atoms with Gasteiger partial charge in [-0.3, -0.25) is 0 Å². The molecule has 0 aliphatic heterocycles. The maximum atomic E-state index is 8.88. The highest BCUT2D eigenvalue weighted by Crippen LogP contribution is 2.14. The third kappa shape index (κ3) is 4.71. The molecule has 0 radical (unpaired) electrons. The summed E-state index contributed by atoms with van der Waals surface area (Å²) in [5.41, 5.74) is 1.33. The lowest BCUT2D eigenvalue weighted by Crippen LogP contribution is -2.21. The van der Waals surface area contributed by atoms with Crippen LogP contribution in [0.1, 0.15) is 5.56 Å². The molecule has 0 saturated carbocycles. The smallest absolute Gasteiger partial charge is 0.249 e. The van der Waals surface area contributed by atoms with Crippen molar-refractivity contribution in [2.45, 2.75) is 0 Å². The van der Waals surface area contributed by atoms with E-state index in [0.29, 0.717) is 17.3 Å². The van der Waals surface area contributed by atoms with E-state index in [0.717, 1.165) is 18.8 Å². The fourth-order valence-corrected chi connectivity index (χ4v) is 1.64. The minimum atomic E-state index is 0.389. The summed E-state index contributed by atoms with van der Waals surface area (Å²) in [6.07, 6.45) is 1.58. The van der Waals surface area contributed by atoms with Gasteiger partial charge >= 0.3 is 0 Å². The third-order valence-corrected chi connectivity index (χ3v) is 2.67. The lowest BCUT2D eigenvalue weighted by atomic mass is 10.2. The molecule has 2 aromatic rings. The van der Waals surface area contributed by atoms with Crippen LogP contribution in [0.15, 0.2) is 30.5 Å². The number of nitrogens with one attached hydrogen (secondary N) is 2. The molecule has 0 spiro atoms. The van der Waals surface area contributed by atoms with Crippen molar-refractivity contribution in [2.75, 3.05) is 37.8 Å². The van der Waals surface area contributed by atoms with Crippen LogP contribution in [0.3, 0.4) is 0 Å². The summed E-state index contributed by atoms with van der Waals surface area (Å²) >= 11 is 0. The molecule has 7 heteroatoms. The van der Waals surface area contributed by atoms with E-state index in [9.17, 15) is 0 Å². The Bertz CT molecular complexity index is 633. The van der Waals surface area contributed by atoms with Crippen molar-refractivity contribution in [3.05, 3.63) is 36.0 Å². The Labute approximate surface area is 123 Å². The molecule has 0 saturated heterocycles. The topological polar surface area (TPSA) is 89.8 Å². The van der Waals surface area contributed by atoms with Crippen LogP contribution in [-0.4, -0.2) is 47.3 Å². The van der Waals surface area contributed by atoms with Gasteiger partial charge in [0, 0.05) is 18.8 Å². The van der Waals surface area contributed by atoms with Crippen molar-refractivity contribution in [3.63, 3.8) is 0 Å². The molecule has 1 heterocycles. The zero-order valence-electron chi connectivity index (χ0n) is 12.0. The zero-order chi connectivity index (χ0) is 15.1. The van der Waals surface area contributed by atoms with Gasteiger partial charge in [-0.15, -0.1) is 5.10 Å². The predicted octanol–water partition coefficient (Wildman–Crippen LogP) is 1.46. The monoisotopic (exact) mass is 283 g/mol. The van der Waals surface area contributed by atoms with E-state index >= 15 is 0 Å². The average Bonchev–Trinajstić information content (AvgIpc) is 2.47. The van der Waals surface area contributed by atoms with E-state index in [2.05, 4.69) is 36.8 Å². The molecular formula is C14H17N7. The Morgan fingerprint density at radius 2 is 2.19 bits per heavy atom. The van der Waals surface area contributed by atoms with Gasteiger partial charge in [-0.1, -0.05) is 6.07 Å². The molecule has 0 aliphatic carbocycles. The van der Waals surface area contributed by atoms with E-state index in [1.807, 2.05) is 20.2 Å². The van der Waals surface area contributed by atoms with Crippen LogP contribution in [0.25, 0.3) is 0 Å². The molecule has 0 aliphatic rings. The highest BCUT2D eigenvalue weighted by atomic mass is 15.3. The van der Waals surface area contributed by atoms with Gasteiger partial charge in [-0.05, 0) is 32.3 Å². The minimum absolute atomic E-state index is 0.389. The Kier molecular flexibility index (Phi) is 5.01. The molecule has 1 aromatic heterocycles. The van der Waals surface area contributed by atoms with Gasteiger partial charge in [-0.25, -0.2) is 0 Å². The number of nitriles is 1. The third-order valence-electron chi connectivity index (χ3n) is 2.67. The van der Waals surface area contributed by atoms with Gasteiger partial charge in [0.05, 0.1) is 17.8 Å². The second-order valence-corrected chi connectivity index (χ2v) is 4.71. The molecule has 21 heavy (non-hydrogen) atoms. The normalized spacial score (nSPS) is 10.2. The standard InChI is InChI=1S/C14H17N7/c1-21(2)7-6-16-13-10-17-20-14(19-13)18-12-5-3-4-11(8-12)9-15/h3-5,8,10H,6-7H2,1-2H3,(H2,16,18,19,20). The molecule has 2 N–H and O–H groups in total. The molecule has 0 unspecified atom stereocenters. The molecular weight excluding hydrogens is 266 g/mol. The van der Waals surface area contributed by atoms with Gasteiger partial charge in [0.25, 0.3) is 0 Å². The maximum Gasteiger partial charge on any atom is 0.249 e. The van der Waals surface area contributed by atoms with Crippen LogP contribution in [0.4, 0.5) is 17.5 Å². The number of anilines is 3. The summed E-state index contributed by atoms with van der Waals surface area (Å²) in [6.45, 7) is 1.67. The second kappa shape index (κ2) is 7.17. The number of likely N-dealkylation sites (N-methyl/N-ethyl adjacent to an activating group) is 1. The average molecular weight is 283 g/mol. The molecule has 1 aromatic carbocycles. The quantitative estimate of drug-likeness (QED) is 0.829. The van der Waals surface area contributed by atoms with Gasteiger partial charge in [0.15, 0.2) is 5.82 Å². The number of hydrogen-bond acceptors (Lipinski definition) is 7. The van der Waals surface area contributed by atoms with Crippen molar-refractivity contribution in [1.82, 2.24) is 20.1 Å². The van der Waals surface area contributed by atoms with Crippen molar-refractivity contribution < 1.29 is 0 Å². The van der Waals surface area contributed by atoms with E-state index in [4.69, 9.17) is 5.26 Å². The molecule has 7 nitrogen and oxygen atoms in total. The van der Waals surface area contributed by atoms with Crippen LogP contribution < -0.4 is 10.6 Å². The Hall–Kier alpha value is -2.72. The number of hydrogen-bond donors (Lipinski definition) is 2. The molecule has 0 bridgehead atoms. The number of benzene rings is 1. The van der Waals surface area contributed by atoms with Crippen LogP contribution in [0, 0.1) is 11.3 Å². The second-order valence-electron chi connectivity index (χ2n) is 4.71. The molecule has 2 rings (SSSR count). The summed E-state index contributed by atoms with van der Waals surface area (Å²) in [5.74, 6) is 1.05. The first kappa shape index (κ1) is 14.7. The largest absolute Gasteiger partial charge is 0.367 e. The molecule has 0 atom stereocenters. The summed E-state index contributed by atoms with van der Waals surface area (Å²) < 4.78 is 0. The highest BCUT2D eigenvalue weighted by Gasteiger charge is 2.02. The van der Waals surface area contributed by atoms with Crippen LogP contribution in [0.5, 0.6) is 0 Å². The van der Waals surface area contributed by atoms with Crippen molar-refractivity contribution >= 4 is 17.5 Å². The van der Waals surface area contributed by atoms with Crippen molar-refractivity contribution in [3.8, 4) is 6.07 Å². The Balaban J connectivity index is 2.02. The Morgan fingerprint density at radius 3 is 2.95 bits per heavy atom. The van der Waals surface area contributed by atoms with Crippen molar-refractivity contribution in [1.29, 1.82) is 5.26 Å². The van der Waals surface area contributed by atoms with E-state index in [1.54, 1.807) is 24.4 Å². The Morgan fingerprint density at radius 1 is 1.33 bits per heavy atom. The molecule has 108 valence electrons. The fourth-order valence-electron chi connectivity index (χ4n) is 1.64. The first-order valence-corrected chi connectivity index (χ1v) is 6.53. The number of rotatable bonds is 6. The first-order chi connectivity index (χ1) is 10.2. The van der Waals surface area contributed by atoms with Gasteiger partial charge in [0.1, 0.15) is 0 Å². The number of aromatic nitrogens is 3. The van der Waals surface area contributed by atoms with Gasteiger partial charge in [-0.2, -0.15) is 15.3 Å². The summed E-state index contributed by atoms with van der Waals surface area (Å²) in [6, 6.07) is 9.20. The van der Waals surface area contributed by atoms with E-state index in [-0.39, 0.29) is 0 Å². The summed E-state index contributed by atoms with van der Waals surface area (Å²) in [7, 11) is 4.02. The van der Waals surface area contributed by atoms with E-state index < -0.39 is 0 Å². The van der Waals surface area contributed by atoms with E-state index in [1.165, 1.54) is 0 Å². The molecule has 0 fully saturated rings. The first-order valence-electron chi connectivity index (χ1n) is 6.53. The van der Waals surface area contributed by atoms with Crippen LogP contribution >= 0.6 is 0 Å². The zero-order valence-corrected chi connectivity index (χ0v) is 12.0. The van der Waals surface area contributed by atoms with Gasteiger partial charge < -0.3 is 15.5 Å². The van der Waals surface area contributed by atoms with Crippen molar-refractivity contribution in [2.24, 2.45) is 0 Å². The lowest BCUT2D eigenvalue weighted by molar-refractivity contribution is 0.425. The SMILES string of the molecule is CN(C)CCNc1cnnc(Nc2cccc(C#N)c2)n1. The maximum absolute atomic E-state index is 8.88.